The molecule has 0 bridgehead atoms. The molecule has 4 rings (SSSR count). The van der Waals surface area contributed by atoms with Crippen molar-refractivity contribution in [2.24, 2.45) is 13.0 Å². The lowest BCUT2D eigenvalue weighted by molar-refractivity contribution is -0.126. The largest absolute Gasteiger partial charge is 0.419 e. The third-order valence-electron chi connectivity index (χ3n) is 5.93. The molecule has 2 aliphatic rings. The maximum Gasteiger partial charge on any atom is 0.419 e. The first kappa shape index (κ1) is 19.2. The van der Waals surface area contributed by atoms with Crippen LogP contribution in [0.4, 0.5) is 0 Å². The number of aromatic nitrogens is 1. The Kier molecular flexibility index (Phi) is 5.05. The molecule has 1 saturated carbocycles. The summed E-state index contributed by atoms with van der Waals surface area (Å²) >= 11 is 0. The van der Waals surface area contributed by atoms with Gasteiger partial charge in [0.1, 0.15) is 0 Å². The highest BCUT2D eigenvalue weighted by molar-refractivity contribution is 7.89. The van der Waals surface area contributed by atoms with E-state index in [0.29, 0.717) is 31.4 Å². The molecule has 0 unspecified atom stereocenters. The third kappa shape index (κ3) is 3.48. The van der Waals surface area contributed by atoms with Gasteiger partial charge < -0.3 is 9.73 Å². The average Bonchev–Trinajstić information content (AvgIpc) is 3.29. The second-order valence-electron chi connectivity index (χ2n) is 7.72. The number of fused-ring (bicyclic) bond motifs is 1. The van der Waals surface area contributed by atoms with Gasteiger partial charge in [-0.25, -0.2) is 13.2 Å². The molecule has 1 amide bonds. The number of piperidine rings is 1. The van der Waals surface area contributed by atoms with E-state index in [2.05, 4.69) is 5.32 Å². The van der Waals surface area contributed by atoms with Gasteiger partial charge in [0.25, 0.3) is 0 Å². The number of oxazole rings is 1. The molecule has 1 aliphatic heterocycles. The number of benzene rings is 1. The van der Waals surface area contributed by atoms with E-state index in [1.807, 2.05) is 0 Å². The number of carbonyl (C=O) groups is 1. The zero-order chi connectivity index (χ0) is 19.9. The Morgan fingerprint density at radius 2 is 1.82 bits per heavy atom. The van der Waals surface area contributed by atoms with E-state index in [1.165, 1.54) is 21.0 Å². The van der Waals surface area contributed by atoms with Crippen molar-refractivity contribution >= 4 is 27.0 Å². The summed E-state index contributed by atoms with van der Waals surface area (Å²) < 4.78 is 33.8. The Morgan fingerprint density at radius 3 is 2.50 bits per heavy atom. The molecular formula is C19H25N3O5S. The standard InChI is InChI=1S/C19H25N3O5S/c1-21-16-7-6-15(12-17(16)27-19(21)24)28(25,26)22-10-8-13(9-11-22)18(23)20-14-4-2-3-5-14/h6-7,12-14H,2-5,8-11H2,1H3,(H,20,23). The monoisotopic (exact) mass is 407 g/mol. The summed E-state index contributed by atoms with van der Waals surface area (Å²) in [6.45, 7) is 0.615. The summed E-state index contributed by atoms with van der Waals surface area (Å²) in [7, 11) is -2.13. The Morgan fingerprint density at radius 1 is 1.14 bits per heavy atom. The molecule has 2 heterocycles. The van der Waals surface area contributed by atoms with Gasteiger partial charge >= 0.3 is 5.76 Å². The minimum atomic E-state index is -3.70. The number of rotatable bonds is 4. The fourth-order valence-corrected chi connectivity index (χ4v) is 5.66. The molecule has 1 N–H and O–H groups in total. The number of aryl methyl sites for hydroxylation is 1. The maximum absolute atomic E-state index is 13.0. The first-order valence-electron chi connectivity index (χ1n) is 9.76. The molecule has 2 aromatic rings. The average molecular weight is 407 g/mol. The second kappa shape index (κ2) is 7.36. The molecule has 1 aliphatic carbocycles. The van der Waals surface area contributed by atoms with Crippen LogP contribution in [0.1, 0.15) is 38.5 Å². The van der Waals surface area contributed by atoms with Crippen LogP contribution in [-0.4, -0.2) is 42.3 Å². The van der Waals surface area contributed by atoms with Gasteiger partial charge in [0.2, 0.25) is 15.9 Å². The molecule has 0 radical (unpaired) electrons. The first-order valence-corrected chi connectivity index (χ1v) is 11.2. The van der Waals surface area contributed by atoms with Gasteiger partial charge in [0.05, 0.1) is 10.4 Å². The number of amides is 1. The molecule has 28 heavy (non-hydrogen) atoms. The van der Waals surface area contributed by atoms with Gasteiger partial charge in [-0.2, -0.15) is 4.31 Å². The number of sulfonamides is 1. The Bertz CT molecular complexity index is 1040. The summed E-state index contributed by atoms with van der Waals surface area (Å²) in [5.41, 5.74) is 0.797. The van der Waals surface area contributed by atoms with Gasteiger partial charge in [0.15, 0.2) is 5.58 Å². The fourth-order valence-electron chi connectivity index (χ4n) is 4.17. The lowest BCUT2D eigenvalue weighted by Crippen LogP contribution is -2.44. The van der Waals surface area contributed by atoms with Crippen molar-refractivity contribution in [3.8, 4) is 0 Å². The van der Waals surface area contributed by atoms with Crippen LogP contribution in [0.5, 0.6) is 0 Å². The van der Waals surface area contributed by atoms with Gasteiger partial charge in [0, 0.05) is 38.2 Å². The fraction of sp³-hybridized carbons (Fsp3) is 0.579. The highest BCUT2D eigenvalue weighted by atomic mass is 32.2. The van der Waals surface area contributed by atoms with Crippen LogP contribution in [0.25, 0.3) is 11.1 Å². The number of hydrogen-bond acceptors (Lipinski definition) is 5. The van der Waals surface area contributed by atoms with E-state index in [1.54, 1.807) is 13.1 Å². The molecule has 152 valence electrons. The Labute approximate surface area is 163 Å². The molecule has 1 aromatic carbocycles. The molecule has 9 heteroatoms. The topological polar surface area (TPSA) is 102 Å². The second-order valence-corrected chi connectivity index (χ2v) is 9.66. The normalized spacial score (nSPS) is 20.0. The van der Waals surface area contributed by atoms with Crippen LogP contribution in [0.15, 0.2) is 32.3 Å². The number of nitrogens with one attached hydrogen (secondary N) is 1. The van der Waals surface area contributed by atoms with Crippen molar-refractivity contribution in [1.29, 1.82) is 0 Å². The van der Waals surface area contributed by atoms with E-state index in [0.717, 1.165) is 25.7 Å². The van der Waals surface area contributed by atoms with Crippen LogP contribution in [-0.2, 0) is 21.9 Å². The van der Waals surface area contributed by atoms with Gasteiger partial charge in [-0.15, -0.1) is 0 Å². The van der Waals surface area contributed by atoms with Gasteiger partial charge in [-0.05, 0) is 37.8 Å². The summed E-state index contributed by atoms with van der Waals surface area (Å²) in [5.74, 6) is -0.614. The van der Waals surface area contributed by atoms with E-state index < -0.39 is 15.8 Å². The van der Waals surface area contributed by atoms with Crippen LogP contribution in [0.3, 0.4) is 0 Å². The molecule has 1 aromatic heterocycles. The molecular weight excluding hydrogens is 382 g/mol. The van der Waals surface area contributed by atoms with Crippen LogP contribution >= 0.6 is 0 Å². The van der Waals surface area contributed by atoms with Gasteiger partial charge in [-0.3, -0.25) is 9.36 Å². The van der Waals surface area contributed by atoms with Crippen molar-refractivity contribution < 1.29 is 17.6 Å². The minimum Gasteiger partial charge on any atom is -0.408 e. The zero-order valence-corrected chi connectivity index (χ0v) is 16.7. The number of hydrogen-bond donors (Lipinski definition) is 1. The number of carbonyl (C=O) groups excluding carboxylic acids is 1. The van der Waals surface area contributed by atoms with Crippen LogP contribution in [0, 0.1) is 5.92 Å². The van der Waals surface area contributed by atoms with Crippen LogP contribution in [0.2, 0.25) is 0 Å². The molecule has 0 spiro atoms. The van der Waals surface area contributed by atoms with Crippen molar-refractivity contribution in [3.63, 3.8) is 0 Å². The lowest BCUT2D eigenvalue weighted by Gasteiger charge is -2.31. The lowest BCUT2D eigenvalue weighted by atomic mass is 9.97. The van der Waals surface area contributed by atoms with E-state index in [4.69, 9.17) is 4.42 Å². The zero-order valence-electron chi connectivity index (χ0n) is 15.9. The van der Waals surface area contributed by atoms with Crippen molar-refractivity contribution in [1.82, 2.24) is 14.2 Å². The van der Waals surface area contributed by atoms with Crippen LogP contribution < -0.4 is 11.1 Å². The molecule has 2 fully saturated rings. The van der Waals surface area contributed by atoms with E-state index in [9.17, 15) is 18.0 Å². The molecule has 0 atom stereocenters. The molecule has 1 saturated heterocycles. The summed E-state index contributed by atoms with van der Waals surface area (Å²) in [4.78, 5) is 24.2. The SMILES string of the molecule is Cn1c(=O)oc2cc(S(=O)(=O)N3CCC(C(=O)NC4CCCC4)CC3)ccc21. The van der Waals surface area contributed by atoms with E-state index in [-0.39, 0.29) is 28.3 Å². The van der Waals surface area contributed by atoms with Crippen molar-refractivity contribution in [3.05, 3.63) is 28.7 Å². The van der Waals surface area contributed by atoms with Crippen molar-refractivity contribution in [2.45, 2.75) is 49.5 Å². The summed E-state index contributed by atoms with van der Waals surface area (Å²) in [6, 6.07) is 4.74. The predicted octanol–water partition coefficient (Wildman–Crippen LogP) is 1.59. The maximum atomic E-state index is 13.0. The molecule has 8 nitrogen and oxygen atoms in total. The predicted molar refractivity (Wildman–Crippen MR) is 103 cm³/mol. The minimum absolute atomic E-state index is 0.0522. The van der Waals surface area contributed by atoms with E-state index >= 15 is 0 Å². The quantitative estimate of drug-likeness (QED) is 0.829. The Hall–Kier alpha value is -2.13. The highest BCUT2D eigenvalue weighted by Crippen LogP contribution is 2.27. The van der Waals surface area contributed by atoms with Gasteiger partial charge in [-0.1, -0.05) is 12.8 Å². The Balaban J connectivity index is 1.44. The third-order valence-corrected chi connectivity index (χ3v) is 7.82. The highest BCUT2D eigenvalue weighted by Gasteiger charge is 2.33. The first-order chi connectivity index (χ1) is 13.4. The summed E-state index contributed by atoms with van der Waals surface area (Å²) in [5, 5.41) is 3.11. The smallest absolute Gasteiger partial charge is 0.408 e. The number of nitrogens with zero attached hydrogens (tertiary/aromatic N) is 2. The summed E-state index contributed by atoms with van der Waals surface area (Å²) in [6.07, 6.45) is 5.43. The van der Waals surface area contributed by atoms with Crippen molar-refractivity contribution in [2.75, 3.05) is 13.1 Å².